The number of carbonyl (C=O) groups is 2. The van der Waals surface area contributed by atoms with Crippen LogP contribution in [-0.4, -0.2) is 121 Å². The van der Waals surface area contributed by atoms with Crippen LogP contribution in [0.5, 0.6) is 5.75 Å². The Kier molecular flexibility index (Phi) is 14.6. The number of benzene rings is 3. The van der Waals surface area contributed by atoms with Gasteiger partial charge in [0.1, 0.15) is 22.5 Å². The maximum absolute atomic E-state index is 12.6. The van der Waals surface area contributed by atoms with Gasteiger partial charge in [-0.05, 0) is 93.0 Å². The Morgan fingerprint density at radius 2 is 1.70 bits per heavy atom. The molecule has 2 amide bonds. The van der Waals surface area contributed by atoms with Crippen molar-refractivity contribution < 1.29 is 19.1 Å². The number of para-hydroxylation sites is 1. The van der Waals surface area contributed by atoms with E-state index in [-0.39, 0.29) is 26.2 Å². The number of amides is 2. The second-order valence-electron chi connectivity index (χ2n) is 17.2. The molecule has 4 aliphatic heterocycles. The van der Waals surface area contributed by atoms with Crippen LogP contribution in [0.4, 0.5) is 28.8 Å². The van der Waals surface area contributed by atoms with Crippen molar-refractivity contribution in [1.29, 1.82) is 0 Å². The van der Waals surface area contributed by atoms with Gasteiger partial charge in [0, 0.05) is 81.3 Å². The molecule has 8 rings (SSSR count). The molecular formula is C48H59ClN9O4P. The normalized spacial score (nSPS) is 18.7. The number of carbonyl (C=O) groups excluding carboxylic acids is 3. The third-order valence-electron chi connectivity index (χ3n) is 13.1. The van der Waals surface area contributed by atoms with E-state index >= 15 is 0 Å². The summed E-state index contributed by atoms with van der Waals surface area (Å²) < 4.78 is 5.85. The number of anilines is 5. The third kappa shape index (κ3) is 10.5. The topological polar surface area (TPSA) is 135 Å². The smallest absolute Gasteiger partial charge is 0.249 e. The van der Waals surface area contributed by atoms with E-state index in [0.29, 0.717) is 41.5 Å². The molecule has 0 saturated carbocycles. The van der Waals surface area contributed by atoms with Gasteiger partial charge in [0.2, 0.25) is 17.8 Å². The minimum Gasteiger partial charge on any atom is -0.494 e. The summed E-state index contributed by atoms with van der Waals surface area (Å²) in [6.45, 7) is 12.6. The van der Waals surface area contributed by atoms with Crippen LogP contribution in [0.25, 0.3) is 5.70 Å². The first kappa shape index (κ1) is 44.6. The number of hydrogen-bond acceptors (Lipinski definition) is 12. The molecule has 15 heteroatoms. The fourth-order valence-electron chi connectivity index (χ4n) is 9.60. The second kappa shape index (κ2) is 20.6. The molecule has 3 N–H and O–H groups in total. The average molecular weight is 892 g/mol. The maximum Gasteiger partial charge on any atom is 0.249 e. The third-order valence-corrected chi connectivity index (χ3v) is 14.7. The molecule has 332 valence electrons. The van der Waals surface area contributed by atoms with Gasteiger partial charge in [0.15, 0.2) is 11.8 Å². The zero-order valence-electron chi connectivity index (χ0n) is 36.7. The van der Waals surface area contributed by atoms with E-state index in [1.165, 1.54) is 23.7 Å². The molecule has 0 aliphatic carbocycles. The average Bonchev–Trinajstić information content (AvgIpc) is 3.68. The van der Waals surface area contributed by atoms with Gasteiger partial charge >= 0.3 is 0 Å². The molecule has 0 bridgehead atoms. The fraction of sp³-hybridized carbons (Fsp3) is 0.458. The minimum absolute atomic E-state index is 0.254. The molecule has 3 fully saturated rings. The first-order chi connectivity index (χ1) is 30.7. The number of methoxy groups -OCH3 is 1. The summed E-state index contributed by atoms with van der Waals surface area (Å²) in [5, 5.41) is 10.9. The lowest BCUT2D eigenvalue weighted by Gasteiger charge is -2.43. The molecule has 1 unspecified atom stereocenters. The lowest BCUT2D eigenvalue weighted by Crippen LogP contribution is -2.53. The number of aryl methyl sites for hydroxylation is 1. The van der Waals surface area contributed by atoms with Gasteiger partial charge in [0.05, 0.1) is 19.0 Å². The standard InChI is InChI=1S/C48H59ClN9O4P/c1-62-43-29-35(16-17-39(43)52-48-50-30-38(49)46(54-48)51-40-14-7-8-15-44(40)63(2)3)56-23-20-34(21-24-56)57-27-25-55(26-28-57)22-9-5-4-6-11-33-12-10-13-36-37(33)31-58(42(36)32-59)41-18-19-45(60)53-47(41)61/h7-8,10,12-17,29-30,34,41H,4-6,9,11,18-28,31H2,1-3H3,(H,53,60,61)(H2,50,51,52,54). The highest BCUT2D eigenvalue weighted by molar-refractivity contribution is 7.64. The van der Waals surface area contributed by atoms with Crippen molar-refractivity contribution in [2.45, 2.75) is 76.4 Å². The highest BCUT2D eigenvalue weighted by Gasteiger charge is 2.38. The van der Waals surface area contributed by atoms with Crippen molar-refractivity contribution in [2.75, 3.05) is 81.8 Å². The second-order valence-corrected chi connectivity index (χ2v) is 19.9. The van der Waals surface area contributed by atoms with Crippen LogP contribution in [0.1, 0.15) is 68.1 Å². The number of piperidine rings is 2. The number of ether oxygens (including phenoxy) is 1. The summed E-state index contributed by atoms with van der Waals surface area (Å²) >= 11 is 6.53. The number of nitrogens with zero attached hydrogens (tertiary/aromatic N) is 6. The van der Waals surface area contributed by atoms with E-state index in [1.807, 2.05) is 35.2 Å². The molecule has 13 nitrogen and oxygen atoms in total. The molecule has 3 aromatic carbocycles. The monoisotopic (exact) mass is 891 g/mol. The Labute approximate surface area is 377 Å². The summed E-state index contributed by atoms with van der Waals surface area (Å²) in [6, 6.07) is 20.7. The largest absolute Gasteiger partial charge is 0.494 e. The lowest BCUT2D eigenvalue weighted by atomic mass is 9.97. The summed E-state index contributed by atoms with van der Waals surface area (Å²) in [5.74, 6) is 3.23. The zero-order chi connectivity index (χ0) is 43.9. The number of fused-ring (bicyclic) bond motifs is 1. The Hall–Kier alpha value is -5.03. The summed E-state index contributed by atoms with van der Waals surface area (Å²) in [5.41, 5.74) is 6.60. The van der Waals surface area contributed by atoms with E-state index in [2.05, 4.69) is 85.2 Å². The van der Waals surface area contributed by atoms with Crippen LogP contribution in [0.2, 0.25) is 5.02 Å². The Bertz CT molecular complexity index is 2320. The lowest BCUT2D eigenvalue weighted by molar-refractivity contribution is -0.136. The number of rotatable bonds is 16. The van der Waals surface area contributed by atoms with E-state index in [4.69, 9.17) is 21.3 Å². The highest BCUT2D eigenvalue weighted by Crippen LogP contribution is 2.38. The Morgan fingerprint density at radius 1 is 0.905 bits per heavy atom. The number of aromatic nitrogens is 2. The highest BCUT2D eigenvalue weighted by atomic mass is 35.5. The Balaban J connectivity index is 0.747. The molecule has 1 aromatic heterocycles. The van der Waals surface area contributed by atoms with Gasteiger partial charge in [-0.25, -0.2) is 9.78 Å². The van der Waals surface area contributed by atoms with Crippen molar-refractivity contribution in [3.8, 4) is 5.75 Å². The molecule has 4 aliphatic rings. The van der Waals surface area contributed by atoms with E-state index in [0.717, 1.165) is 112 Å². The van der Waals surface area contributed by atoms with E-state index < -0.39 is 6.04 Å². The predicted molar refractivity (Wildman–Crippen MR) is 254 cm³/mol. The van der Waals surface area contributed by atoms with Gasteiger partial charge < -0.3 is 30.1 Å². The van der Waals surface area contributed by atoms with Crippen molar-refractivity contribution in [3.63, 3.8) is 0 Å². The Morgan fingerprint density at radius 3 is 2.46 bits per heavy atom. The maximum atomic E-state index is 12.6. The van der Waals surface area contributed by atoms with Crippen molar-refractivity contribution in [1.82, 2.24) is 30.0 Å². The number of halogens is 1. The molecular weight excluding hydrogens is 833 g/mol. The SMILES string of the molecule is COc1cc(N2CCC(N3CCN(CCCCCCc4cccc5c4CN(C4CCC(=O)NC4=O)C5=C=O)CC3)CC2)ccc1Nc1ncc(Cl)c(Nc2ccccc2P(C)C)n1. The van der Waals surface area contributed by atoms with Crippen molar-refractivity contribution in [3.05, 3.63) is 88.6 Å². The van der Waals surface area contributed by atoms with Gasteiger partial charge in [-0.3, -0.25) is 19.8 Å². The molecule has 4 aromatic rings. The molecule has 0 spiro atoms. The molecule has 0 radical (unpaired) electrons. The van der Waals surface area contributed by atoms with Crippen molar-refractivity contribution >= 4 is 77.1 Å². The van der Waals surface area contributed by atoms with E-state index in [9.17, 15) is 14.4 Å². The van der Waals surface area contributed by atoms with Crippen LogP contribution in [0.15, 0.2) is 66.9 Å². The summed E-state index contributed by atoms with van der Waals surface area (Å²) in [7, 11) is 1.38. The van der Waals surface area contributed by atoms with Crippen LogP contribution in [-0.2, 0) is 27.3 Å². The first-order valence-electron chi connectivity index (χ1n) is 22.4. The quantitative estimate of drug-likeness (QED) is 0.0456. The minimum atomic E-state index is -0.519. The number of nitrogens with one attached hydrogen (secondary N) is 3. The zero-order valence-corrected chi connectivity index (χ0v) is 38.3. The summed E-state index contributed by atoms with van der Waals surface area (Å²) in [6.07, 6.45) is 10.2. The first-order valence-corrected chi connectivity index (χ1v) is 25.0. The van der Waals surface area contributed by atoms with Gasteiger partial charge in [0.25, 0.3) is 0 Å². The van der Waals surface area contributed by atoms with E-state index in [1.54, 1.807) is 13.3 Å². The molecule has 63 heavy (non-hydrogen) atoms. The van der Waals surface area contributed by atoms with Gasteiger partial charge in [-0.15, -0.1) is 0 Å². The van der Waals surface area contributed by atoms with Gasteiger partial charge in [-0.1, -0.05) is 68.8 Å². The fourth-order valence-corrected chi connectivity index (χ4v) is 10.7. The molecule has 3 saturated heterocycles. The van der Waals surface area contributed by atoms with Crippen LogP contribution >= 0.6 is 19.5 Å². The van der Waals surface area contributed by atoms with Crippen LogP contribution < -0.4 is 30.9 Å². The number of piperazine rings is 1. The molecule has 5 heterocycles. The number of unbranched alkanes of at least 4 members (excludes halogenated alkanes) is 3. The van der Waals surface area contributed by atoms with Crippen molar-refractivity contribution in [2.24, 2.45) is 0 Å². The number of hydrogen-bond donors (Lipinski definition) is 3. The molecule has 1 atom stereocenters. The summed E-state index contributed by atoms with van der Waals surface area (Å²) in [4.78, 5) is 55.2. The van der Waals surface area contributed by atoms with Crippen LogP contribution in [0.3, 0.4) is 0 Å². The van der Waals surface area contributed by atoms with Crippen LogP contribution in [0, 0.1) is 0 Å². The van der Waals surface area contributed by atoms with Gasteiger partial charge in [-0.2, -0.15) is 4.98 Å². The predicted octanol–water partition coefficient (Wildman–Crippen LogP) is 7.18. The number of imide groups is 1.